The molecule has 2 aromatic carbocycles. The number of carbonyl (C=O) groups is 1. The van der Waals surface area contributed by atoms with Crippen LogP contribution in [0.3, 0.4) is 0 Å². The van der Waals surface area contributed by atoms with Crippen molar-refractivity contribution >= 4 is 21.6 Å². The Morgan fingerprint density at radius 2 is 1.89 bits per heavy atom. The molecule has 0 aliphatic carbocycles. The van der Waals surface area contributed by atoms with Gasteiger partial charge in [0, 0.05) is 6.54 Å². The molecule has 0 radical (unpaired) electrons. The van der Waals surface area contributed by atoms with Gasteiger partial charge in [-0.25, -0.2) is 8.42 Å². The maximum absolute atomic E-state index is 12.6. The number of nitrogens with zero attached hydrogens (tertiary/aromatic N) is 1. The Morgan fingerprint density at radius 3 is 2.68 bits per heavy atom. The van der Waals surface area contributed by atoms with E-state index in [2.05, 4.69) is 5.32 Å². The molecule has 2 aliphatic heterocycles. The lowest BCUT2D eigenvalue weighted by Crippen LogP contribution is -2.50. The van der Waals surface area contributed by atoms with E-state index in [0.717, 1.165) is 17.4 Å². The van der Waals surface area contributed by atoms with Gasteiger partial charge in [0.05, 0.1) is 18.5 Å². The smallest absolute Gasteiger partial charge is 0.263 e. The molecule has 0 saturated heterocycles. The molecule has 2 aromatic rings. The van der Waals surface area contributed by atoms with E-state index in [-0.39, 0.29) is 19.9 Å². The van der Waals surface area contributed by atoms with Gasteiger partial charge in [0.25, 0.3) is 5.91 Å². The van der Waals surface area contributed by atoms with Crippen LogP contribution in [0.5, 0.6) is 17.2 Å². The second kappa shape index (κ2) is 6.90. The van der Waals surface area contributed by atoms with Crippen LogP contribution < -0.4 is 23.8 Å². The number of nitrogens with one attached hydrogen (secondary N) is 1. The highest BCUT2D eigenvalue weighted by molar-refractivity contribution is 7.92. The third kappa shape index (κ3) is 3.57. The Labute approximate surface area is 163 Å². The number of rotatable bonds is 4. The minimum atomic E-state index is -3.55. The number of aryl methyl sites for hydroxylation is 1. The lowest BCUT2D eigenvalue weighted by atomic mass is 10.1. The van der Waals surface area contributed by atoms with Crippen LogP contribution in [-0.4, -0.2) is 40.0 Å². The number of benzene rings is 2. The van der Waals surface area contributed by atoms with Crippen LogP contribution in [0.1, 0.15) is 11.1 Å². The van der Waals surface area contributed by atoms with E-state index in [1.54, 1.807) is 24.3 Å². The molecular formula is C19H20N2O6S. The minimum Gasteiger partial charge on any atom is -0.476 e. The molecule has 2 aliphatic rings. The maximum Gasteiger partial charge on any atom is 0.263 e. The fourth-order valence-electron chi connectivity index (χ4n) is 3.17. The summed E-state index contributed by atoms with van der Waals surface area (Å²) >= 11 is 0. The van der Waals surface area contributed by atoms with Crippen molar-refractivity contribution in [3.63, 3.8) is 0 Å². The van der Waals surface area contributed by atoms with Crippen LogP contribution in [0.25, 0.3) is 0 Å². The number of hydrogen-bond donors (Lipinski definition) is 1. The lowest BCUT2D eigenvalue weighted by molar-refractivity contribution is -0.127. The number of anilines is 1. The first-order chi connectivity index (χ1) is 13.3. The molecule has 8 nitrogen and oxygen atoms in total. The summed E-state index contributed by atoms with van der Waals surface area (Å²) in [5.74, 6) is 1.28. The van der Waals surface area contributed by atoms with Crippen molar-refractivity contribution in [3.8, 4) is 17.2 Å². The summed E-state index contributed by atoms with van der Waals surface area (Å²) in [5, 5.41) is 2.79. The highest BCUT2D eigenvalue weighted by Gasteiger charge is 2.35. The summed E-state index contributed by atoms with van der Waals surface area (Å²) in [6.45, 7) is 2.23. The third-order valence-electron chi connectivity index (χ3n) is 4.58. The van der Waals surface area contributed by atoms with E-state index in [9.17, 15) is 13.2 Å². The molecule has 0 fully saturated rings. The first-order valence-electron chi connectivity index (χ1n) is 8.72. The Balaban J connectivity index is 1.49. The molecule has 0 bridgehead atoms. The Bertz CT molecular complexity index is 1040. The number of carbonyl (C=O) groups excluding carboxylic acids is 1. The first kappa shape index (κ1) is 18.4. The van der Waals surface area contributed by atoms with Crippen LogP contribution >= 0.6 is 0 Å². The minimum absolute atomic E-state index is 0.0811. The molecule has 0 spiro atoms. The Hall–Kier alpha value is -2.94. The molecule has 9 heteroatoms. The SMILES string of the molecule is Cc1ccc2c(c1)N(S(C)(=O)=O)CC(C(=O)NCc1ccc3c(c1)OCO3)O2. The van der Waals surface area contributed by atoms with Gasteiger partial charge >= 0.3 is 0 Å². The zero-order valence-corrected chi connectivity index (χ0v) is 16.3. The predicted octanol–water partition coefficient (Wildman–Crippen LogP) is 1.57. The van der Waals surface area contributed by atoms with Crippen LogP contribution in [0.4, 0.5) is 5.69 Å². The zero-order chi connectivity index (χ0) is 19.9. The molecule has 1 N–H and O–H groups in total. The van der Waals surface area contributed by atoms with Gasteiger partial charge in [-0.1, -0.05) is 12.1 Å². The second-order valence-corrected chi connectivity index (χ2v) is 8.68. The zero-order valence-electron chi connectivity index (χ0n) is 15.5. The van der Waals surface area contributed by atoms with Crippen molar-refractivity contribution in [3.05, 3.63) is 47.5 Å². The standard InChI is InChI=1S/C19H20N2O6S/c1-12-3-5-15-14(7-12)21(28(2,23)24)10-18(27-15)19(22)20-9-13-4-6-16-17(8-13)26-11-25-16/h3-8,18H,9-11H2,1-2H3,(H,20,22). The van der Waals surface area contributed by atoms with Crippen LogP contribution in [0.2, 0.25) is 0 Å². The van der Waals surface area contributed by atoms with Gasteiger partial charge in [0.2, 0.25) is 16.8 Å². The van der Waals surface area contributed by atoms with E-state index in [1.165, 1.54) is 4.31 Å². The van der Waals surface area contributed by atoms with Crippen LogP contribution in [0, 0.1) is 6.92 Å². The quantitative estimate of drug-likeness (QED) is 0.831. The van der Waals surface area contributed by atoms with Gasteiger partial charge in [0.15, 0.2) is 17.6 Å². The molecule has 2 heterocycles. The highest BCUT2D eigenvalue weighted by atomic mass is 32.2. The fraction of sp³-hybridized carbons (Fsp3) is 0.316. The van der Waals surface area contributed by atoms with E-state index in [0.29, 0.717) is 22.9 Å². The topological polar surface area (TPSA) is 94.2 Å². The molecular weight excluding hydrogens is 384 g/mol. The first-order valence-corrected chi connectivity index (χ1v) is 10.6. The van der Waals surface area contributed by atoms with Gasteiger partial charge in [-0.2, -0.15) is 0 Å². The van der Waals surface area contributed by atoms with Gasteiger partial charge in [-0.15, -0.1) is 0 Å². The molecule has 0 aromatic heterocycles. The average molecular weight is 404 g/mol. The summed E-state index contributed by atoms with van der Waals surface area (Å²) in [5.41, 5.74) is 2.19. The fourth-order valence-corrected chi connectivity index (χ4v) is 4.07. The highest BCUT2D eigenvalue weighted by Crippen LogP contribution is 2.36. The Kier molecular flexibility index (Phi) is 4.54. The number of ether oxygens (including phenoxy) is 3. The van der Waals surface area contributed by atoms with Gasteiger partial charge < -0.3 is 19.5 Å². The molecule has 28 heavy (non-hydrogen) atoms. The van der Waals surface area contributed by atoms with E-state index < -0.39 is 22.0 Å². The van der Waals surface area contributed by atoms with Crippen molar-refractivity contribution in [2.75, 3.05) is 23.9 Å². The number of sulfonamides is 1. The number of hydrogen-bond acceptors (Lipinski definition) is 6. The summed E-state index contributed by atoms with van der Waals surface area (Å²) in [6, 6.07) is 10.6. The third-order valence-corrected chi connectivity index (χ3v) is 5.73. The molecule has 1 unspecified atom stereocenters. The Morgan fingerprint density at radius 1 is 1.14 bits per heavy atom. The predicted molar refractivity (Wildman–Crippen MR) is 102 cm³/mol. The van der Waals surface area contributed by atoms with Crippen molar-refractivity contribution in [1.29, 1.82) is 0 Å². The molecule has 4 rings (SSSR count). The molecule has 1 amide bonds. The normalized spacial score (nSPS) is 17.6. The monoisotopic (exact) mass is 404 g/mol. The van der Waals surface area contributed by atoms with E-state index >= 15 is 0 Å². The summed E-state index contributed by atoms with van der Waals surface area (Å²) < 4.78 is 42.0. The molecule has 1 atom stereocenters. The van der Waals surface area contributed by atoms with Crippen molar-refractivity contribution in [2.24, 2.45) is 0 Å². The largest absolute Gasteiger partial charge is 0.476 e. The second-order valence-electron chi connectivity index (χ2n) is 6.78. The summed E-state index contributed by atoms with van der Waals surface area (Å²) in [4.78, 5) is 12.6. The van der Waals surface area contributed by atoms with Crippen molar-refractivity contribution in [1.82, 2.24) is 5.32 Å². The van der Waals surface area contributed by atoms with Gasteiger partial charge in [-0.3, -0.25) is 9.10 Å². The number of fused-ring (bicyclic) bond motifs is 2. The summed E-state index contributed by atoms with van der Waals surface area (Å²) in [6.07, 6.45) is 0.172. The van der Waals surface area contributed by atoms with Crippen LogP contribution in [-0.2, 0) is 21.4 Å². The van der Waals surface area contributed by atoms with E-state index in [4.69, 9.17) is 14.2 Å². The summed E-state index contributed by atoms with van der Waals surface area (Å²) in [7, 11) is -3.55. The average Bonchev–Trinajstić information content (AvgIpc) is 3.12. The lowest BCUT2D eigenvalue weighted by Gasteiger charge is -2.34. The van der Waals surface area contributed by atoms with Gasteiger partial charge in [0.1, 0.15) is 5.75 Å². The maximum atomic E-state index is 12.6. The number of amides is 1. The molecule has 0 saturated carbocycles. The molecule has 148 valence electrons. The van der Waals surface area contributed by atoms with Crippen molar-refractivity contribution in [2.45, 2.75) is 19.6 Å². The van der Waals surface area contributed by atoms with E-state index in [1.807, 2.05) is 19.1 Å². The van der Waals surface area contributed by atoms with Crippen molar-refractivity contribution < 1.29 is 27.4 Å². The van der Waals surface area contributed by atoms with Gasteiger partial charge in [-0.05, 0) is 42.3 Å². The van der Waals surface area contributed by atoms with Crippen LogP contribution in [0.15, 0.2) is 36.4 Å².